The van der Waals surface area contributed by atoms with Crippen molar-refractivity contribution in [2.45, 2.75) is 57.4 Å². The highest BCUT2D eigenvalue weighted by Crippen LogP contribution is 2.25. The summed E-state index contributed by atoms with van der Waals surface area (Å²) >= 11 is 1.30. The highest BCUT2D eigenvalue weighted by atomic mass is 32.2. The molecule has 1 unspecified atom stereocenters. The number of anilines is 1. The van der Waals surface area contributed by atoms with Gasteiger partial charge in [0.05, 0.1) is 12.3 Å². The molecule has 35 heavy (non-hydrogen) atoms. The van der Waals surface area contributed by atoms with Crippen LogP contribution in [0.2, 0.25) is 0 Å². The summed E-state index contributed by atoms with van der Waals surface area (Å²) in [7, 11) is -3.77. The number of nitrogens with zero attached hydrogens (tertiary/aromatic N) is 1. The molecule has 5 N–H and O–H groups in total. The number of nitrogens with two attached hydrogens (primary N) is 1. The van der Waals surface area contributed by atoms with Gasteiger partial charge >= 0.3 is 6.09 Å². The molecule has 0 bridgehead atoms. The zero-order valence-corrected chi connectivity index (χ0v) is 21.2. The minimum atomic E-state index is -3.77. The van der Waals surface area contributed by atoms with Crippen LogP contribution in [-0.4, -0.2) is 44.6 Å². The van der Waals surface area contributed by atoms with Crippen molar-refractivity contribution in [2.75, 3.05) is 18.5 Å². The summed E-state index contributed by atoms with van der Waals surface area (Å²) < 4.78 is 29.6. The molecule has 2 aromatic rings. The van der Waals surface area contributed by atoms with Gasteiger partial charge in [-0.15, -0.1) is 11.3 Å². The highest BCUT2D eigenvalue weighted by molar-refractivity contribution is 7.87. The second kappa shape index (κ2) is 13.5. The maximum Gasteiger partial charge on any atom is 0.407 e. The number of hydrogen-bond acceptors (Lipinski definition) is 7. The summed E-state index contributed by atoms with van der Waals surface area (Å²) in [5.41, 5.74) is 1.68. The van der Waals surface area contributed by atoms with E-state index in [1.165, 1.54) is 17.8 Å². The fourth-order valence-electron chi connectivity index (χ4n) is 3.95. The minimum absolute atomic E-state index is 0.145. The Balaban J connectivity index is 1.55. The van der Waals surface area contributed by atoms with Gasteiger partial charge < -0.3 is 15.4 Å². The van der Waals surface area contributed by atoms with Crippen LogP contribution < -0.4 is 20.5 Å². The molecule has 0 aliphatic heterocycles. The van der Waals surface area contributed by atoms with E-state index >= 15 is 0 Å². The Bertz CT molecular complexity index is 1060. The van der Waals surface area contributed by atoms with E-state index in [9.17, 15) is 18.0 Å². The van der Waals surface area contributed by atoms with Crippen molar-refractivity contribution in [1.29, 1.82) is 0 Å². The third-order valence-electron chi connectivity index (χ3n) is 5.81. The fraction of sp³-hybridized carbons (Fsp3) is 0.522. The first-order valence-electron chi connectivity index (χ1n) is 11.8. The summed E-state index contributed by atoms with van der Waals surface area (Å²) in [6, 6.07) is 8.76. The first-order chi connectivity index (χ1) is 16.8. The molecule has 1 aromatic carbocycles. The number of carbonyl (C=O) groups excluding carboxylic acids is 2. The minimum Gasteiger partial charge on any atom is -0.449 e. The molecule has 0 radical (unpaired) electrons. The van der Waals surface area contributed by atoms with Crippen LogP contribution in [0.15, 0.2) is 35.7 Å². The first-order valence-corrected chi connectivity index (χ1v) is 14.3. The Hall–Kier alpha value is -2.54. The quantitative estimate of drug-likeness (QED) is 0.313. The number of ether oxygens (including phenoxy) is 1. The van der Waals surface area contributed by atoms with Gasteiger partial charge in [0.1, 0.15) is 6.04 Å². The average molecular weight is 524 g/mol. The first kappa shape index (κ1) is 27.1. The zero-order valence-electron chi connectivity index (χ0n) is 19.6. The molecule has 12 heteroatoms. The molecule has 2 amide bonds. The lowest BCUT2D eigenvalue weighted by Gasteiger charge is -2.22. The smallest absolute Gasteiger partial charge is 0.407 e. The van der Waals surface area contributed by atoms with E-state index in [1.54, 1.807) is 0 Å². The van der Waals surface area contributed by atoms with Gasteiger partial charge in [0.25, 0.3) is 10.2 Å². The van der Waals surface area contributed by atoms with Crippen LogP contribution in [0.25, 0.3) is 11.3 Å². The van der Waals surface area contributed by atoms with Gasteiger partial charge in [-0.3, -0.25) is 4.79 Å². The molecular weight excluding hydrogens is 490 g/mol. The van der Waals surface area contributed by atoms with Gasteiger partial charge in [0.15, 0.2) is 5.13 Å². The van der Waals surface area contributed by atoms with E-state index in [2.05, 4.69) is 20.3 Å². The Morgan fingerprint density at radius 3 is 2.60 bits per heavy atom. The molecular formula is C23H33N5O5S2. The number of carbonyl (C=O) groups is 2. The number of rotatable bonds is 12. The molecule has 1 aliphatic carbocycles. The summed E-state index contributed by atoms with van der Waals surface area (Å²) in [6.45, 7) is 0.484. The SMILES string of the molecule is NS(=O)(=O)NCCCCC(NC(=O)OCC1CCCCC1)C(=O)Nc1nc(-c2ccccc2)cs1. The monoisotopic (exact) mass is 523 g/mol. The number of amides is 2. The Labute approximate surface area is 210 Å². The van der Waals surface area contributed by atoms with Crippen molar-refractivity contribution in [3.05, 3.63) is 35.7 Å². The summed E-state index contributed by atoms with van der Waals surface area (Å²) in [5, 5.41) is 12.6. The van der Waals surface area contributed by atoms with Crippen molar-refractivity contribution in [3.8, 4) is 11.3 Å². The van der Waals surface area contributed by atoms with E-state index in [4.69, 9.17) is 9.88 Å². The molecule has 192 valence electrons. The van der Waals surface area contributed by atoms with Gasteiger partial charge in [0.2, 0.25) is 5.91 Å². The third kappa shape index (κ3) is 9.92. The summed E-state index contributed by atoms with van der Waals surface area (Å²) in [6.07, 6.45) is 6.19. The van der Waals surface area contributed by atoms with Gasteiger partial charge in [-0.1, -0.05) is 49.6 Å². The van der Waals surface area contributed by atoms with E-state index < -0.39 is 28.3 Å². The lowest BCUT2D eigenvalue weighted by Crippen LogP contribution is -2.44. The molecule has 0 saturated heterocycles. The van der Waals surface area contributed by atoms with Gasteiger partial charge in [0, 0.05) is 17.5 Å². The normalized spacial score (nSPS) is 15.3. The average Bonchev–Trinajstić information content (AvgIpc) is 3.31. The molecule has 0 spiro atoms. The van der Waals surface area contributed by atoms with Crippen molar-refractivity contribution in [1.82, 2.24) is 15.0 Å². The molecule has 10 nitrogen and oxygen atoms in total. The van der Waals surface area contributed by atoms with Crippen molar-refractivity contribution >= 4 is 38.7 Å². The molecule has 1 fully saturated rings. The number of aromatic nitrogens is 1. The lowest BCUT2D eigenvalue weighted by molar-refractivity contribution is -0.118. The van der Waals surface area contributed by atoms with Crippen LogP contribution in [0, 0.1) is 5.92 Å². The lowest BCUT2D eigenvalue weighted by atomic mass is 9.90. The van der Waals surface area contributed by atoms with Crippen LogP contribution >= 0.6 is 11.3 Å². The predicted molar refractivity (Wildman–Crippen MR) is 136 cm³/mol. The van der Waals surface area contributed by atoms with Gasteiger partial charge in [-0.25, -0.2) is 19.6 Å². The maximum atomic E-state index is 13.0. The molecule has 1 saturated carbocycles. The second-order valence-corrected chi connectivity index (χ2v) is 10.9. The van der Waals surface area contributed by atoms with Crippen LogP contribution in [0.4, 0.5) is 9.93 Å². The van der Waals surface area contributed by atoms with Crippen LogP contribution in [-0.2, 0) is 19.7 Å². The van der Waals surface area contributed by atoms with Crippen LogP contribution in [0.3, 0.4) is 0 Å². The fourth-order valence-corrected chi connectivity index (χ4v) is 5.10. The van der Waals surface area contributed by atoms with Crippen LogP contribution in [0.1, 0.15) is 51.4 Å². The molecule has 1 atom stereocenters. The number of benzene rings is 1. The summed E-state index contributed by atoms with van der Waals surface area (Å²) in [4.78, 5) is 29.9. The Morgan fingerprint density at radius 2 is 1.89 bits per heavy atom. The number of alkyl carbamates (subject to hydrolysis) is 1. The maximum absolute atomic E-state index is 13.0. The molecule has 1 aromatic heterocycles. The standard InChI is InChI=1S/C23H33N5O5S2/c24-35(31,32)25-14-8-7-13-19(27-23(30)33-15-17-9-3-1-4-10-17)21(29)28-22-26-20(16-34-22)18-11-5-2-6-12-18/h2,5-6,11-12,16-17,19,25H,1,3-4,7-10,13-15H2,(H,27,30)(H2,24,31,32)(H,26,28,29). The molecule has 1 heterocycles. The Morgan fingerprint density at radius 1 is 1.14 bits per heavy atom. The number of nitrogens with one attached hydrogen (secondary N) is 3. The molecule has 3 rings (SSSR count). The van der Waals surface area contributed by atoms with Crippen molar-refractivity contribution in [2.24, 2.45) is 11.1 Å². The number of hydrogen-bond donors (Lipinski definition) is 4. The largest absolute Gasteiger partial charge is 0.449 e. The van der Waals surface area contributed by atoms with E-state index in [0.717, 1.165) is 36.9 Å². The Kier molecular flexibility index (Phi) is 10.5. The third-order valence-corrected chi connectivity index (χ3v) is 7.17. The second-order valence-electron chi connectivity index (χ2n) is 8.63. The van der Waals surface area contributed by atoms with Gasteiger partial charge in [-0.05, 0) is 38.0 Å². The number of unbranched alkanes of at least 4 members (excludes halogenated alkanes) is 1. The topological polar surface area (TPSA) is 153 Å². The van der Waals surface area contributed by atoms with Crippen LogP contribution in [0.5, 0.6) is 0 Å². The van der Waals surface area contributed by atoms with E-state index in [0.29, 0.717) is 36.9 Å². The van der Waals surface area contributed by atoms with Crippen molar-refractivity contribution < 1.29 is 22.7 Å². The van der Waals surface area contributed by atoms with E-state index in [1.807, 2.05) is 35.7 Å². The number of thiazole rings is 1. The molecule has 1 aliphatic rings. The highest BCUT2D eigenvalue weighted by Gasteiger charge is 2.23. The zero-order chi connectivity index (χ0) is 25.1. The predicted octanol–water partition coefficient (Wildman–Crippen LogP) is 3.39. The van der Waals surface area contributed by atoms with Gasteiger partial charge in [-0.2, -0.15) is 8.42 Å². The van der Waals surface area contributed by atoms with Crippen molar-refractivity contribution in [3.63, 3.8) is 0 Å². The van der Waals surface area contributed by atoms with E-state index in [-0.39, 0.29) is 6.54 Å². The summed E-state index contributed by atoms with van der Waals surface area (Å²) in [5.74, 6) is -0.0502.